The molecule has 0 unspecified atom stereocenters. The molecule has 116 valence electrons. The van der Waals surface area contributed by atoms with Gasteiger partial charge in [0.25, 0.3) is 0 Å². The first-order chi connectivity index (χ1) is 10.1. The van der Waals surface area contributed by atoms with Crippen LogP contribution in [-0.4, -0.2) is 38.3 Å². The Kier molecular flexibility index (Phi) is 5.22. The van der Waals surface area contributed by atoms with E-state index in [1.807, 2.05) is 12.1 Å². The maximum Gasteiger partial charge on any atom is 0.203 e. The number of benzene rings is 1. The molecule has 1 aromatic carbocycles. The molecule has 1 N–H and O–H groups in total. The number of hydrogen-bond donors (Lipinski definition) is 1. The summed E-state index contributed by atoms with van der Waals surface area (Å²) in [7, 11) is 4.81. The highest BCUT2D eigenvalue weighted by atomic mass is 32.2. The number of aliphatic imine (C=N–C) groups is 1. The molecule has 0 saturated carbocycles. The lowest BCUT2D eigenvalue weighted by Crippen LogP contribution is -2.12. The summed E-state index contributed by atoms with van der Waals surface area (Å²) in [6.07, 6.45) is 0. The molecule has 0 radical (unpaired) electrons. The quantitative estimate of drug-likeness (QED) is 0.904. The zero-order valence-corrected chi connectivity index (χ0v) is 13.9. The average Bonchev–Trinajstić information content (AvgIpc) is 2.94. The SMILES string of the molecule is COc1cc(NC2=N[C@@H](C(C)C)CS2)cc(OC)c1OC. The number of rotatable bonds is 5. The van der Waals surface area contributed by atoms with Gasteiger partial charge in [0.2, 0.25) is 5.75 Å². The minimum Gasteiger partial charge on any atom is -0.493 e. The molecule has 1 heterocycles. The Hall–Kier alpha value is -1.56. The first-order valence-electron chi connectivity index (χ1n) is 6.86. The van der Waals surface area contributed by atoms with E-state index in [0.29, 0.717) is 29.2 Å². The number of ether oxygens (including phenoxy) is 3. The molecule has 1 atom stereocenters. The van der Waals surface area contributed by atoms with Crippen molar-refractivity contribution in [2.45, 2.75) is 19.9 Å². The fraction of sp³-hybridized carbons (Fsp3) is 0.533. The summed E-state index contributed by atoms with van der Waals surface area (Å²) in [6, 6.07) is 4.14. The van der Waals surface area contributed by atoms with Gasteiger partial charge in [-0.2, -0.15) is 0 Å². The number of hydrogen-bond acceptors (Lipinski definition) is 6. The van der Waals surface area contributed by atoms with Crippen LogP contribution in [0.5, 0.6) is 17.2 Å². The Labute approximate surface area is 130 Å². The number of anilines is 1. The zero-order chi connectivity index (χ0) is 15.4. The fourth-order valence-electron chi connectivity index (χ4n) is 2.08. The predicted molar refractivity (Wildman–Crippen MR) is 88.2 cm³/mol. The zero-order valence-electron chi connectivity index (χ0n) is 13.1. The van der Waals surface area contributed by atoms with Crippen molar-refractivity contribution < 1.29 is 14.2 Å². The maximum atomic E-state index is 5.35. The molecular weight excluding hydrogens is 288 g/mol. The van der Waals surface area contributed by atoms with Crippen molar-refractivity contribution in [2.75, 3.05) is 32.4 Å². The van der Waals surface area contributed by atoms with Crippen LogP contribution in [0.4, 0.5) is 5.69 Å². The minimum atomic E-state index is 0.375. The standard InChI is InChI=1S/C15H22N2O3S/c1-9(2)11-8-21-15(17-11)16-10-6-12(18-3)14(20-5)13(7-10)19-4/h6-7,9,11H,8H2,1-5H3,(H,16,17)/t11-/m1/s1. The van der Waals surface area contributed by atoms with E-state index in [0.717, 1.165) is 16.6 Å². The van der Waals surface area contributed by atoms with Gasteiger partial charge in [0, 0.05) is 23.6 Å². The van der Waals surface area contributed by atoms with Crippen LogP contribution < -0.4 is 19.5 Å². The van der Waals surface area contributed by atoms with E-state index in [9.17, 15) is 0 Å². The minimum absolute atomic E-state index is 0.375. The number of nitrogens with zero attached hydrogens (tertiary/aromatic N) is 1. The van der Waals surface area contributed by atoms with E-state index in [4.69, 9.17) is 19.2 Å². The molecule has 0 aliphatic carbocycles. The third-order valence-corrected chi connectivity index (χ3v) is 4.35. The van der Waals surface area contributed by atoms with Crippen LogP contribution in [0.1, 0.15) is 13.8 Å². The smallest absolute Gasteiger partial charge is 0.203 e. The highest BCUT2D eigenvalue weighted by Crippen LogP contribution is 2.40. The molecule has 1 aliphatic rings. The molecule has 0 aromatic heterocycles. The van der Waals surface area contributed by atoms with Crippen molar-refractivity contribution in [3.63, 3.8) is 0 Å². The summed E-state index contributed by atoms with van der Waals surface area (Å²) >= 11 is 1.74. The molecule has 0 fully saturated rings. The summed E-state index contributed by atoms with van der Waals surface area (Å²) in [5.41, 5.74) is 0.875. The van der Waals surface area contributed by atoms with Gasteiger partial charge in [-0.15, -0.1) is 0 Å². The number of amidine groups is 1. The molecule has 0 bridgehead atoms. The topological polar surface area (TPSA) is 52.1 Å². The Morgan fingerprint density at radius 1 is 1.14 bits per heavy atom. The Morgan fingerprint density at radius 3 is 2.19 bits per heavy atom. The highest BCUT2D eigenvalue weighted by molar-refractivity contribution is 8.14. The summed E-state index contributed by atoms with van der Waals surface area (Å²) in [6.45, 7) is 4.38. The van der Waals surface area contributed by atoms with Crippen LogP contribution in [0.15, 0.2) is 17.1 Å². The molecule has 21 heavy (non-hydrogen) atoms. The second-order valence-corrected chi connectivity index (χ2v) is 6.10. The predicted octanol–water partition coefficient (Wildman–Crippen LogP) is 3.25. The molecule has 6 heteroatoms. The number of thioether (sulfide) groups is 1. The van der Waals surface area contributed by atoms with Gasteiger partial charge in [0.15, 0.2) is 16.7 Å². The van der Waals surface area contributed by atoms with Gasteiger partial charge in [-0.1, -0.05) is 25.6 Å². The normalized spacial score (nSPS) is 17.6. The van der Waals surface area contributed by atoms with Gasteiger partial charge >= 0.3 is 0 Å². The van der Waals surface area contributed by atoms with Gasteiger partial charge in [0.1, 0.15) is 0 Å². The Balaban J connectivity index is 2.23. The molecule has 0 spiro atoms. The molecular formula is C15H22N2O3S. The third-order valence-electron chi connectivity index (χ3n) is 3.36. The lowest BCUT2D eigenvalue weighted by Gasteiger charge is -2.14. The first-order valence-corrected chi connectivity index (χ1v) is 7.85. The van der Waals surface area contributed by atoms with Crippen molar-refractivity contribution in [2.24, 2.45) is 10.9 Å². The van der Waals surface area contributed by atoms with E-state index in [2.05, 4.69) is 19.2 Å². The molecule has 2 rings (SSSR count). The van der Waals surface area contributed by atoms with Crippen LogP contribution in [0.3, 0.4) is 0 Å². The lowest BCUT2D eigenvalue weighted by atomic mass is 10.1. The lowest BCUT2D eigenvalue weighted by molar-refractivity contribution is 0.324. The second kappa shape index (κ2) is 6.93. The summed E-state index contributed by atoms with van der Waals surface area (Å²) in [4.78, 5) is 4.69. The van der Waals surface area contributed by atoms with Gasteiger partial charge < -0.3 is 19.5 Å². The van der Waals surface area contributed by atoms with Gasteiger partial charge in [0.05, 0.1) is 27.4 Å². The second-order valence-electron chi connectivity index (χ2n) is 5.10. The van der Waals surface area contributed by atoms with Gasteiger partial charge in [-0.25, -0.2) is 0 Å². The maximum absolute atomic E-state index is 5.35. The van der Waals surface area contributed by atoms with Crippen molar-refractivity contribution in [1.29, 1.82) is 0 Å². The highest BCUT2D eigenvalue weighted by Gasteiger charge is 2.22. The summed E-state index contributed by atoms with van der Waals surface area (Å²) in [5, 5.41) is 4.26. The largest absolute Gasteiger partial charge is 0.493 e. The van der Waals surface area contributed by atoms with E-state index < -0.39 is 0 Å². The van der Waals surface area contributed by atoms with Gasteiger partial charge in [-0.05, 0) is 5.92 Å². The first kappa shape index (κ1) is 15.8. The van der Waals surface area contributed by atoms with Crippen LogP contribution in [0.25, 0.3) is 0 Å². The third kappa shape index (κ3) is 3.56. The summed E-state index contributed by atoms with van der Waals surface area (Å²) in [5.74, 6) is 3.42. The molecule has 5 nitrogen and oxygen atoms in total. The molecule has 0 saturated heterocycles. The molecule has 1 aromatic rings. The number of nitrogens with one attached hydrogen (secondary N) is 1. The van der Waals surface area contributed by atoms with Gasteiger partial charge in [-0.3, -0.25) is 4.99 Å². The Morgan fingerprint density at radius 2 is 1.76 bits per heavy atom. The Bertz CT molecular complexity index is 507. The van der Waals surface area contributed by atoms with E-state index in [1.165, 1.54) is 0 Å². The van der Waals surface area contributed by atoms with Crippen LogP contribution in [-0.2, 0) is 0 Å². The van der Waals surface area contributed by atoms with Crippen LogP contribution in [0.2, 0.25) is 0 Å². The average molecular weight is 310 g/mol. The van der Waals surface area contributed by atoms with Crippen molar-refractivity contribution in [3.8, 4) is 17.2 Å². The van der Waals surface area contributed by atoms with Crippen LogP contribution >= 0.6 is 11.8 Å². The monoisotopic (exact) mass is 310 g/mol. The van der Waals surface area contributed by atoms with Crippen molar-refractivity contribution in [1.82, 2.24) is 0 Å². The number of methoxy groups -OCH3 is 3. The summed E-state index contributed by atoms with van der Waals surface area (Å²) < 4.78 is 16.0. The molecule has 0 amide bonds. The van der Waals surface area contributed by atoms with E-state index in [-0.39, 0.29) is 0 Å². The van der Waals surface area contributed by atoms with Crippen molar-refractivity contribution in [3.05, 3.63) is 12.1 Å². The molecule has 1 aliphatic heterocycles. The van der Waals surface area contributed by atoms with E-state index >= 15 is 0 Å². The van der Waals surface area contributed by atoms with Crippen LogP contribution in [0, 0.1) is 5.92 Å². The fourth-order valence-corrected chi connectivity index (χ4v) is 3.26. The van der Waals surface area contributed by atoms with Crippen molar-refractivity contribution >= 4 is 22.6 Å². The van der Waals surface area contributed by atoms with E-state index in [1.54, 1.807) is 33.1 Å².